The minimum absolute atomic E-state index is 0.171. The molecule has 1 aromatic heterocycles. The molecule has 0 fully saturated rings. The summed E-state index contributed by atoms with van der Waals surface area (Å²) in [5.74, 6) is 5.47. The first-order valence-corrected chi connectivity index (χ1v) is 9.62. The molecule has 30 heavy (non-hydrogen) atoms. The summed E-state index contributed by atoms with van der Waals surface area (Å²) < 4.78 is 0. The zero-order valence-corrected chi connectivity index (χ0v) is 16.7. The summed E-state index contributed by atoms with van der Waals surface area (Å²) >= 11 is 0. The largest absolute Gasteiger partial charge is 0.394 e. The van der Waals surface area contributed by atoms with Crippen LogP contribution in [0.2, 0.25) is 0 Å². The summed E-state index contributed by atoms with van der Waals surface area (Å²) in [5.41, 5.74) is 3.18. The number of carbonyl (C=O) groups excluding carboxylic acids is 2. The highest BCUT2D eigenvalue weighted by Crippen LogP contribution is 2.19. The van der Waals surface area contributed by atoms with Crippen molar-refractivity contribution in [2.24, 2.45) is 0 Å². The van der Waals surface area contributed by atoms with Crippen molar-refractivity contribution < 1.29 is 14.7 Å². The van der Waals surface area contributed by atoms with E-state index in [-0.39, 0.29) is 25.1 Å². The summed E-state index contributed by atoms with van der Waals surface area (Å²) in [7, 11) is 1.53. The van der Waals surface area contributed by atoms with Crippen molar-refractivity contribution in [3.05, 3.63) is 71.4 Å². The van der Waals surface area contributed by atoms with E-state index in [0.29, 0.717) is 17.5 Å². The van der Waals surface area contributed by atoms with Crippen LogP contribution in [-0.4, -0.2) is 48.3 Å². The smallest absolute Gasteiger partial charge is 0.315 e. The van der Waals surface area contributed by atoms with Crippen LogP contribution in [0.1, 0.15) is 21.5 Å². The second kappa shape index (κ2) is 10.1. The molecule has 7 nitrogen and oxygen atoms in total. The quantitative estimate of drug-likeness (QED) is 0.404. The van der Waals surface area contributed by atoms with Gasteiger partial charge in [0.25, 0.3) is 5.91 Å². The zero-order valence-electron chi connectivity index (χ0n) is 16.7. The highest BCUT2D eigenvalue weighted by atomic mass is 16.3. The third kappa shape index (κ3) is 5.40. The van der Waals surface area contributed by atoms with Crippen LogP contribution in [0.3, 0.4) is 0 Å². The Balaban J connectivity index is 1.64. The monoisotopic (exact) mass is 404 g/mol. The molecule has 7 heteroatoms. The lowest BCUT2D eigenvalue weighted by Crippen LogP contribution is -2.39. The molecule has 1 heterocycles. The lowest BCUT2D eigenvalue weighted by Gasteiger charge is -2.16. The molecule has 154 valence electrons. The van der Waals surface area contributed by atoms with Crippen molar-refractivity contribution in [3.63, 3.8) is 0 Å². The number of hydrogen-bond donors (Lipinski definition) is 5. The Hall–Kier alpha value is -3.76. The molecule has 0 unspecified atom stereocenters. The average Bonchev–Trinajstić information content (AvgIpc) is 3.19. The second-order valence-corrected chi connectivity index (χ2v) is 6.73. The Morgan fingerprint density at radius 1 is 1.17 bits per heavy atom. The number of carbonyl (C=O) groups is 2. The summed E-state index contributed by atoms with van der Waals surface area (Å²) in [6.45, 7) is 0.0310. The van der Waals surface area contributed by atoms with E-state index in [2.05, 4.69) is 32.8 Å². The van der Waals surface area contributed by atoms with Gasteiger partial charge in [0.15, 0.2) is 0 Å². The molecule has 0 aliphatic carbocycles. The van der Waals surface area contributed by atoms with Crippen LogP contribution in [0.15, 0.2) is 54.7 Å². The molecule has 3 amide bonds. The predicted molar refractivity (Wildman–Crippen MR) is 116 cm³/mol. The first kappa shape index (κ1) is 21.0. The van der Waals surface area contributed by atoms with E-state index < -0.39 is 6.04 Å². The number of urea groups is 1. The predicted octanol–water partition coefficient (Wildman–Crippen LogP) is 1.78. The molecule has 0 saturated carbocycles. The number of nitrogens with one attached hydrogen (secondary N) is 4. The third-order valence-electron chi connectivity index (χ3n) is 4.62. The van der Waals surface area contributed by atoms with Gasteiger partial charge in [0.05, 0.1) is 19.2 Å². The number of fused-ring (bicyclic) bond motifs is 1. The van der Waals surface area contributed by atoms with E-state index >= 15 is 0 Å². The summed E-state index contributed by atoms with van der Waals surface area (Å²) in [5, 5.41) is 18.7. The molecule has 0 aliphatic rings. The fourth-order valence-corrected chi connectivity index (χ4v) is 3.09. The van der Waals surface area contributed by atoms with Gasteiger partial charge in [-0.25, -0.2) is 4.79 Å². The topological polar surface area (TPSA) is 106 Å². The Labute approximate surface area is 174 Å². The van der Waals surface area contributed by atoms with Gasteiger partial charge in [0.1, 0.15) is 0 Å². The fraction of sp³-hybridized carbons (Fsp3) is 0.217. The van der Waals surface area contributed by atoms with Gasteiger partial charge in [0, 0.05) is 35.3 Å². The summed E-state index contributed by atoms with van der Waals surface area (Å²) in [4.78, 5) is 27.0. The summed E-state index contributed by atoms with van der Waals surface area (Å²) in [6, 6.07) is 14.1. The van der Waals surface area contributed by atoms with Gasteiger partial charge in [0.2, 0.25) is 0 Å². The van der Waals surface area contributed by atoms with Crippen molar-refractivity contribution in [1.29, 1.82) is 0 Å². The third-order valence-corrected chi connectivity index (χ3v) is 4.62. The van der Waals surface area contributed by atoms with Crippen LogP contribution in [0.25, 0.3) is 10.9 Å². The molecule has 0 spiro atoms. The maximum atomic E-state index is 12.7. The van der Waals surface area contributed by atoms with Crippen LogP contribution in [0.5, 0.6) is 0 Å². The number of para-hydroxylation sites is 1. The number of aromatic nitrogens is 1. The fourth-order valence-electron chi connectivity index (χ4n) is 3.09. The van der Waals surface area contributed by atoms with Gasteiger partial charge in [-0.2, -0.15) is 0 Å². The number of rotatable bonds is 6. The van der Waals surface area contributed by atoms with Crippen LogP contribution in [-0.2, 0) is 6.42 Å². The Morgan fingerprint density at radius 2 is 2.00 bits per heavy atom. The molecule has 2 aromatic carbocycles. The lowest BCUT2D eigenvalue weighted by molar-refractivity contribution is 0.0916. The standard InChI is InChI=1S/C23H24N4O3/c1-24-23(30)25-11-5-7-16-6-4-8-17(12-16)22(29)27-19(15-28)13-18-14-26-21-10-3-2-9-20(18)21/h2-4,6,8-10,12,14,19,26,28H,11,13,15H2,1H3,(H,27,29)(H2,24,25,30)/t19-/m1/s1. The number of H-pyrrole nitrogens is 1. The van der Waals surface area contributed by atoms with Crippen LogP contribution >= 0.6 is 0 Å². The molecule has 0 radical (unpaired) electrons. The van der Waals surface area contributed by atoms with Gasteiger partial charge in [-0.1, -0.05) is 36.1 Å². The molecule has 3 aromatic rings. The van der Waals surface area contributed by atoms with Crippen molar-refractivity contribution in [2.45, 2.75) is 12.5 Å². The number of hydrogen-bond acceptors (Lipinski definition) is 3. The SMILES string of the molecule is CNC(=O)NCC#Cc1cccc(C(=O)N[C@@H](CO)Cc2c[nH]c3ccccc23)c1. The highest BCUT2D eigenvalue weighted by Gasteiger charge is 2.16. The number of benzene rings is 2. The zero-order chi connectivity index (χ0) is 21.3. The lowest BCUT2D eigenvalue weighted by atomic mass is 10.0. The maximum absolute atomic E-state index is 12.7. The number of aliphatic hydroxyl groups excluding tert-OH is 1. The van der Waals surface area contributed by atoms with Crippen molar-refractivity contribution in [2.75, 3.05) is 20.2 Å². The molecule has 3 rings (SSSR count). The van der Waals surface area contributed by atoms with Crippen molar-refractivity contribution >= 4 is 22.8 Å². The number of aromatic amines is 1. The first-order valence-electron chi connectivity index (χ1n) is 9.62. The van der Waals surface area contributed by atoms with Gasteiger partial charge < -0.3 is 26.0 Å². The molecule has 1 atom stereocenters. The van der Waals surface area contributed by atoms with Gasteiger partial charge in [-0.05, 0) is 36.2 Å². The molecule has 5 N–H and O–H groups in total. The van der Waals surface area contributed by atoms with Gasteiger partial charge in [-0.15, -0.1) is 0 Å². The Bertz CT molecular complexity index is 1090. The minimum Gasteiger partial charge on any atom is -0.394 e. The highest BCUT2D eigenvalue weighted by molar-refractivity contribution is 5.94. The van der Waals surface area contributed by atoms with Crippen molar-refractivity contribution in [1.82, 2.24) is 20.9 Å². The van der Waals surface area contributed by atoms with E-state index in [4.69, 9.17) is 0 Å². The van der Waals surface area contributed by atoms with Crippen LogP contribution < -0.4 is 16.0 Å². The van der Waals surface area contributed by atoms with Crippen LogP contribution in [0.4, 0.5) is 4.79 Å². The minimum atomic E-state index is -0.414. The van der Waals surface area contributed by atoms with E-state index in [1.54, 1.807) is 24.3 Å². The summed E-state index contributed by atoms with van der Waals surface area (Å²) in [6.07, 6.45) is 2.42. The molecular weight excluding hydrogens is 380 g/mol. The molecule has 0 bridgehead atoms. The normalized spacial score (nSPS) is 11.3. The second-order valence-electron chi connectivity index (χ2n) is 6.73. The molecule has 0 aliphatic heterocycles. The Kier molecular flexibility index (Phi) is 7.09. The van der Waals surface area contributed by atoms with E-state index in [1.165, 1.54) is 7.05 Å². The number of aliphatic hydroxyl groups is 1. The first-order chi connectivity index (χ1) is 14.6. The van der Waals surface area contributed by atoms with E-state index in [0.717, 1.165) is 16.5 Å². The van der Waals surface area contributed by atoms with Crippen molar-refractivity contribution in [3.8, 4) is 11.8 Å². The van der Waals surface area contributed by atoms with Gasteiger partial charge >= 0.3 is 6.03 Å². The average molecular weight is 404 g/mol. The van der Waals surface area contributed by atoms with Gasteiger partial charge in [-0.3, -0.25) is 4.79 Å². The molecular formula is C23H24N4O3. The van der Waals surface area contributed by atoms with E-state index in [1.807, 2.05) is 30.5 Å². The number of amides is 3. The van der Waals surface area contributed by atoms with E-state index in [9.17, 15) is 14.7 Å². The Morgan fingerprint density at radius 3 is 2.80 bits per heavy atom. The van der Waals surface area contributed by atoms with Crippen LogP contribution in [0, 0.1) is 11.8 Å². The molecule has 0 saturated heterocycles. The maximum Gasteiger partial charge on any atom is 0.315 e.